The molecule has 0 spiro atoms. The second kappa shape index (κ2) is 8.54. The summed E-state index contributed by atoms with van der Waals surface area (Å²) in [5.41, 5.74) is 5.35. The van der Waals surface area contributed by atoms with E-state index in [-0.39, 0.29) is 23.9 Å². The van der Waals surface area contributed by atoms with Crippen LogP contribution in [0.25, 0.3) is 11.0 Å². The molecule has 1 saturated carbocycles. The highest BCUT2D eigenvalue weighted by Gasteiger charge is 2.29. The number of carbonyl (C=O) groups excluding carboxylic acids is 1. The van der Waals surface area contributed by atoms with Gasteiger partial charge in [0.15, 0.2) is 5.65 Å². The normalized spacial score (nSPS) is 13.8. The van der Waals surface area contributed by atoms with Crippen molar-refractivity contribution in [1.82, 2.24) is 34.3 Å². The predicted molar refractivity (Wildman–Crippen MR) is 127 cm³/mol. The molecule has 0 atom stereocenters. The number of anilines is 1. The van der Waals surface area contributed by atoms with Crippen LogP contribution in [0.3, 0.4) is 0 Å². The van der Waals surface area contributed by atoms with Crippen LogP contribution in [-0.4, -0.2) is 40.2 Å². The van der Waals surface area contributed by atoms with Gasteiger partial charge in [0.2, 0.25) is 5.91 Å². The number of hydrogen-bond donors (Lipinski definition) is 1. The Morgan fingerprint density at radius 3 is 2.37 bits per heavy atom. The van der Waals surface area contributed by atoms with Gasteiger partial charge in [0, 0.05) is 22.9 Å². The van der Waals surface area contributed by atoms with Crippen molar-refractivity contribution in [1.29, 1.82) is 0 Å². The van der Waals surface area contributed by atoms with E-state index in [0.717, 1.165) is 29.9 Å². The van der Waals surface area contributed by atoms with E-state index in [0.29, 0.717) is 40.5 Å². The highest BCUT2D eigenvalue weighted by atomic mass is 19.3. The number of nitrogens with one attached hydrogen (secondary N) is 1. The van der Waals surface area contributed by atoms with Gasteiger partial charge in [-0.25, -0.2) is 27.8 Å². The Hall–Kier alpha value is -3.63. The lowest BCUT2D eigenvalue weighted by Gasteiger charge is -2.10. The molecule has 0 radical (unpaired) electrons. The Balaban J connectivity index is 1.40. The highest BCUT2D eigenvalue weighted by molar-refractivity contribution is 5.93. The summed E-state index contributed by atoms with van der Waals surface area (Å²) in [6, 6.07) is 3.49. The first-order valence-electron chi connectivity index (χ1n) is 11.6. The van der Waals surface area contributed by atoms with Crippen LogP contribution in [0.15, 0.2) is 12.1 Å². The van der Waals surface area contributed by atoms with E-state index in [1.54, 1.807) is 11.6 Å². The molecule has 1 aliphatic carbocycles. The Kier molecular flexibility index (Phi) is 5.65. The molecule has 5 rings (SSSR count). The largest absolute Gasteiger partial charge is 0.321 e. The zero-order valence-corrected chi connectivity index (χ0v) is 20.4. The minimum Gasteiger partial charge on any atom is -0.321 e. The quantitative estimate of drug-likeness (QED) is 0.423. The van der Waals surface area contributed by atoms with Crippen molar-refractivity contribution in [3.8, 4) is 0 Å². The molecule has 184 valence electrons. The summed E-state index contributed by atoms with van der Waals surface area (Å²) >= 11 is 0. The summed E-state index contributed by atoms with van der Waals surface area (Å²) in [4.78, 5) is 17.6. The number of carbonyl (C=O) groups is 1. The number of alkyl halides is 2. The number of fused-ring (bicyclic) bond motifs is 1. The number of aryl methyl sites for hydroxylation is 4. The van der Waals surface area contributed by atoms with Crippen LogP contribution < -0.4 is 5.32 Å². The molecule has 1 aliphatic rings. The van der Waals surface area contributed by atoms with Gasteiger partial charge in [-0.05, 0) is 59.6 Å². The van der Waals surface area contributed by atoms with Crippen molar-refractivity contribution in [2.75, 3.05) is 5.32 Å². The van der Waals surface area contributed by atoms with Crippen molar-refractivity contribution < 1.29 is 13.6 Å². The average molecular weight is 483 g/mol. The molecule has 4 heterocycles. The summed E-state index contributed by atoms with van der Waals surface area (Å²) in [6.07, 6.45) is -0.759. The maximum atomic E-state index is 13.8. The molecule has 35 heavy (non-hydrogen) atoms. The Morgan fingerprint density at radius 1 is 1.03 bits per heavy atom. The van der Waals surface area contributed by atoms with E-state index in [2.05, 4.69) is 25.6 Å². The maximum Gasteiger partial charge on any atom is 0.264 e. The molecular weight excluding hydrogens is 454 g/mol. The van der Waals surface area contributed by atoms with Crippen molar-refractivity contribution in [2.24, 2.45) is 0 Å². The third-order valence-electron chi connectivity index (χ3n) is 6.47. The number of aromatic nitrogens is 7. The molecule has 0 saturated heterocycles. The van der Waals surface area contributed by atoms with Crippen LogP contribution in [0.4, 0.5) is 14.5 Å². The topological polar surface area (TPSA) is 95.5 Å². The lowest BCUT2D eigenvalue weighted by molar-refractivity contribution is -0.116. The molecule has 11 heteroatoms. The van der Waals surface area contributed by atoms with Crippen molar-refractivity contribution in [3.05, 3.63) is 51.9 Å². The van der Waals surface area contributed by atoms with Crippen LogP contribution >= 0.6 is 0 Å². The predicted octanol–water partition coefficient (Wildman–Crippen LogP) is 4.33. The lowest BCUT2D eigenvalue weighted by atomic mass is 10.1. The molecule has 4 aromatic heterocycles. The summed E-state index contributed by atoms with van der Waals surface area (Å²) in [7, 11) is 0. The molecule has 0 unspecified atom stereocenters. The summed E-state index contributed by atoms with van der Waals surface area (Å²) in [6.45, 7) is 9.57. The number of rotatable bonds is 7. The molecule has 0 aromatic carbocycles. The van der Waals surface area contributed by atoms with E-state index in [4.69, 9.17) is 0 Å². The summed E-state index contributed by atoms with van der Waals surface area (Å²) in [5.74, 6) is -0.129. The zero-order valence-electron chi connectivity index (χ0n) is 20.4. The van der Waals surface area contributed by atoms with Crippen LogP contribution in [-0.2, 0) is 18.0 Å². The van der Waals surface area contributed by atoms with Crippen LogP contribution in [0.1, 0.15) is 64.9 Å². The molecule has 4 aromatic rings. The van der Waals surface area contributed by atoms with E-state index in [1.165, 1.54) is 10.7 Å². The van der Waals surface area contributed by atoms with E-state index in [1.807, 2.05) is 38.4 Å². The van der Waals surface area contributed by atoms with E-state index < -0.39 is 6.43 Å². The van der Waals surface area contributed by atoms with Gasteiger partial charge < -0.3 is 5.32 Å². The number of halogens is 2. The molecule has 1 N–H and O–H groups in total. The van der Waals surface area contributed by atoms with Crippen molar-refractivity contribution in [3.63, 3.8) is 0 Å². The average Bonchev–Trinajstić information content (AvgIpc) is 3.47. The van der Waals surface area contributed by atoms with E-state index >= 15 is 0 Å². The summed E-state index contributed by atoms with van der Waals surface area (Å²) in [5, 5.41) is 16.7. The van der Waals surface area contributed by atoms with Gasteiger partial charge in [0.25, 0.3) is 6.43 Å². The molecule has 1 amide bonds. The minimum absolute atomic E-state index is 0.0711. The Labute approximate surface area is 201 Å². The fraction of sp³-hybridized carbons (Fsp3) is 0.458. The Morgan fingerprint density at radius 2 is 1.74 bits per heavy atom. The molecule has 0 aliphatic heterocycles. The van der Waals surface area contributed by atoms with Gasteiger partial charge in [-0.1, -0.05) is 0 Å². The number of hydrogen-bond acceptors (Lipinski definition) is 5. The van der Waals surface area contributed by atoms with Crippen LogP contribution in [0.2, 0.25) is 0 Å². The van der Waals surface area contributed by atoms with Gasteiger partial charge in [0.1, 0.15) is 13.2 Å². The maximum absolute atomic E-state index is 13.8. The second-order valence-electron chi connectivity index (χ2n) is 9.31. The second-order valence-corrected chi connectivity index (χ2v) is 9.31. The lowest BCUT2D eigenvalue weighted by Crippen LogP contribution is -2.21. The highest BCUT2D eigenvalue weighted by Crippen LogP contribution is 2.41. The standard InChI is InChI=1S/C24H28F2N8O/c1-12-8-13(2)33(29-12)11-34-16(5)22(15(4)31-34)28-20(35)10-32-24-21(14(3)30-32)18(23(25)26)9-19(27-24)17-6-7-17/h8-9,17,23H,6-7,10-11H2,1-5H3,(H,28,35). The first-order chi connectivity index (χ1) is 16.6. The first kappa shape index (κ1) is 23.1. The van der Waals surface area contributed by atoms with Gasteiger partial charge in [0.05, 0.1) is 33.8 Å². The molecule has 1 fully saturated rings. The molecular formula is C24H28F2N8O. The third-order valence-corrected chi connectivity index (χ3v) is 6.47. The number of pyridine rings is 1. The number of nitrogens with zero attached hydrogens (tertiary/aromatic N) is 7. The van der Waals surface area contributed by atoms with Crippen molar-refractivity contribution in [2.45, 2.75) is 73.0 Å². The van der Waals surface area contributed by atoms with Crippen LogP contribution in [0, 0.1) is 34.6 Å². The first-order valence-corrected chi connectivity index (χ1v) is 11.6. The molecule has 0 bridgehead atoms. The fourth-order valence-corrected chi connectivity index (χ4v) is 4.55. The van der Waals surface area contributed by atoms with Gasteiger partial charge >= 0.3 is 0 Å². The SMILES string of the molecule is Cc1cc(C)n(Cn2nc(C)c(NC(=O)Cn3nc(C)c4c(C(F)F)cc(C5CC5)nc43)c2C)n1. The summed E-state index contributed by atoms with van der Waals surface area (Å²) < 4.78 is 32.7. The van der Waals surface area contributed by atoms with E-state index in [9.17, 15) is 13.6 Å². The minimum atomic E-state index is -2.64. The number of amides is 1. The van der Waals surface area contributed by atoms with Crippen molar-refractivity contribution >= 4 is 22.6 Å². The van der Waals surface area contributed by atoms with Gasteiger partial charge in [-0.3, -0.25) is 4.79 Å². The fourth-order valence-electron chi connectivity index (χ4n) is 4.55. The van der Waals surface area contributed by atoms with Gasteiger partial charge in [-0.15, -0.1) is 0 Å². The smallest absolute Gasteiger partial charge is 0.264 e. The Bertz CT molecular complexity index is 1440. The third kappa shape index (κ3) is 4.30. The van der Waals surface area contributed by atoms with Crippen LogP contribution in [0.5, 0.6) is 0 Å². The van der Waals surface area contributed by atoms with Gasteiger partial charge in [-0.2, -0.15) is 15.3 Å². The monoisotopic (exact) mass is 482 g/mol. The zero-order chi connectivity index (χ0) is 25.0. The molecule has 9 nitrogen and oxygen atoms in total.